The number of fused-ring (bicyclic) bond motifs is 1. The summed E-state index contributed by atoms with van der Waals surface area (Å²) in [5.74, 6) is 0. The van der Waals surface area contributed by atoms with Gasteiger partial charge in [-0.15, -0.1) is 6.54 Å². The standard InChI is InChI=1S/C22H31N2.Li/c1-22(2,3)17-23-21(16-24-13-7-4-8-14-24)20-12-11-18-9-5-6-10-19(18)15-20;/h5-6,9-12,15,21H,4,7-8,13-14,16-17H2,1-3H3;/q-1;+1/t21-;/m0./s1. The van der Waals surface area contributed by atoms with Crippen molar-refractivity contribution in [1.29, 1.82) is 0 Å². The van der Waals surface area contributed by atoms with Crippen LogP contribution in [0.15, 0.2) is 42.5 Å². The number of likely N-dealkylation sites (tertiary alicyclic amines) is 1. The third-order valence-corrected chi connectivity index (χ3v) is 4.82. The zero-order valence-electron chi connectivity index (χ0n) is 16.5. The summed E-state index contributed by atoms with van der Waals surface area (Å²) in [6.45, 7) is 11.3. The maximum atomic E-state index is 5.12. The fraction of sp³-hybridized carbons (Fsp3) is 0.545. The average Bonchev–Trinajstić information content (AvgIpc) is 2.58. The first-order valence-electron chi connectivity index (χ1n) is 9.39. The molecule has 1 fully saturated rings. The molecule has 2 aromatic carbocycles. The third-order valence-electron chi connectivity index (χ3n) is 4.82. The van der Waals surface area contributed by atoms with Gasteiger partial charge in [0, 0.05) is 0 Å². The fourth-order valence-electron chi connectivity index (χ4n) is 3.45. The molecule has 0 spiro atoms. The molecule has 0 unspecified atom stereocenters. The summed E-state index contributed by atoms with van der Waals surface area (Å²) < 4.78 is 0. The van der Waals surface area contributed by atoms with Crippen LogP contribution in [0.1, 0.15) is 51.6 Å². The van der Waals surface area contributed by atoms with E-state index in [1.165, 1.54) is 48.7 Å². The summed E-state index contributed by atoms with van der Waals surface area (Å²) >= 11 is 0. The summed E-state index contributed by atoms with van der Waals surface area (Å²) in [6.07, 6.45) is 4.06. The molecular weight excluding hydrogens is 299 g/mol. The monoisotopic (exact) mass is 330 g/mol. The molecule has 1 aliphatic rings. The van der Waals surface area contributed by atoms with Crippen LogP contribution in [0.3, 0.4) is 0 Å². The van der Waals surface area contributed by atoms with E-state index in [9.17, 15) is 0 Å². The molecule has 1 aliphatic heterocycles. The number of piperidine rings is 1. The molecule has 1 atom stereocenters. The minimum Gasteiger partial charge on any atom is -0.654 e. The molecule has 0 radical (unpaired) electrons. The Morgan fingerprint density at radius 2 is 1.64 bits per heavy atom. The van der Waals surface area contributed by atoms with E-state index in [4.69, 9.17) is 5.32 Å². The quantitative estimate of drug-likeness (QED) is 0.771. The number of benzene rings is 2. The van der Waals surface area contributed by atoms with Gasteiger partial charge in [-0.3, -0.25) is 0 Å². The van der Waals surface area contributed by atoms with Crippen LogP contribution in [0.4, 0.5) is 0 Å². The Bertz CT molecular complexity index is 656. The Morgan fingerprint density at radius 3 is 2.32 bits per heavy atom. The number of hydrogen-bond donors (Lipinski definition) is 0. The Balaban J connectivity index is 0.00000225. The van der Waals surface area contributed by atoms with Crippen LogP contribution in [-0.2, 0) is 0 Å². The van der Waals surface area contributed by atoms with E-state index in [1.54, 1.807) is 0 Å². The van der Waals surface area contributed by atoms with Gasteiger partial charge >= 0.3 is 18.9 Å². The van der Waals surface area contributed by atoms with Crippen molar-refractivity contribution in [2.45, 2.75) is 46.1 Å². The van der Waals surface area contributed by atoms with Crippen LogP contribution in [0.25, 0.3) is 16.1 Å². The molecule has 2 nitrogen and oxygen atoms in total. The molecule has 0 saturated carbocycles. The van der Waals surface area contributed by atoms with Gasteiger partial charge in [-0.1, -0.05) is 86.7 Å². The summed E-state index contributed by atoms with van der Waals surface area (Å²) in [7, 11) is 0. The second-order valence-corrected chi connectivity index (χ2v) is 8.39. The molecule has 0 bridgehead atoms. The van der Waals surface area contributed by atoms with Crippen molar-refractivity contribution < 1.29 is 18.9 Å². The molecule has 0 N–H and O–H groups in total. The van der Waals surface area contributed by atoms with Crippen molar-refractivity contribution in [1.82, 2.24) is 4.90 Å². The van der Waals surface area contributed by atoms with Crippen molar-refractivity contribution in [3.05, 3.63) is 53.3 Å². The summed E-state index contributed by atoms with van der Waals surface area (Å²) in [5, 5.41) is 7.76. The minimum absolute atomic E-state index is 0. The van der Waals surface area contributed by atoms with Crippen molar-refractivity contribution in [2.75, 3.05) is 26.2 Å². The molecule has 3 heteroatoms. The second kappa shape index (κ2) is 9.24. The van der Waals surface area contributed by atoms with E-state index < -0.39 is 0 Å². The van der Waals surface area contributed by atoms with Gasteiger partial charge in [-0.2, -0.15) is 0 Å². The van der Waals surface area contributed by atoms with Gasteiger partial charge in [-0.25, -0.2) is 0 Å². The minimum atomic E-state index is 0. The van der Waals surface area contributed by atoms with Gasteiger partial charge in [0.05, 0.1) is 0 Å². The van der Waals surface area contributed by atoms with Crippen molar-refractivity contribution in [3.8, 4) is 0 Å². The molecule has 0 aromatic heterocycles. The largest absolute Gasteiger partial charge is 1.00 e. The third kappa shape index (κ3) is 6.15. The number of rotatable bonds is 5. The molecule has 0 aliphatic carbocycles. The van der Waals surface area contributed by atoms with Crippen LogP contribution < -0.4 is 18.9 Å². The van der Waals surface area contributed by atoms with Crippen LogP contribution in [0.5, 0.6) is 0 Å². The van der Waals surface area contributed by atoms with E-state index in [2.05, 4.69) is 68.1 Å². The predicted octanol–water partition coefficient (Wildman–Crippen LogP) is 2.79. The molecule has 25 heavy (non-hydrogen) atoms. The van der Waals surface area contributed by atoms with Crippen LogP contribution in [-0.4, -0.2) is 31.1 Å². The normalized spacial score (nSPS) is 17.2. The summed E-state index contributed by atoms with van der Waals surface area (Å²) in [6, 6.07) is 15.8. The zero-order chi connectivity index (χ0) is 17.0. The first-order chi connectivity index (χ1) is 11.5. The maximum absolute atomic E-state index is 5.12. The van der Waals surface area contributed by atoms with Crippen molar-refractivity contribution >= 4 is 10.8 Å². The van der Waals surface area contributed by atoms with E-state index >= 15 is 0 Å². The van der Waals surface area contributed by atoms with Gasteiger partial charge in [0.1, 0.15) is 0 Å². The Hall–Kier alpha value is -0.783. The predicted molar refractivity (Wildman–Crippen MR) is 105 cm³/mol. The van der Waals surface area contributed by atoms with Crippen LogP contribution in [0.2, 0.25) is 0 Å². The van der Waals surface area contributed by atoms with Gasteiger partial charge in [-0.05, 0) is 43.2 Å². The molecule has 130 valence electrons. The van der Waals surface area contributed by atoms with Crippen LogP contribution in [0, 0.1) is 5.41 Å². The Labute approximate surface area is 165 Å². The second-order valence-electron chi connectivity index (χ2n) is 8.39. The Morgan fingerprint density at radius 1 is 0.960 bits per heavy atom. The van der Waals surface area contributed by atoms with E-state index in [-0.39, 0.29) is 30.3 Å². The Kier molecular flexibility index (Phi) is 7.59. The smallest absolute Gasteiger partial charge is 0.654 e. The number of nitrogens with zero attached hydrogens (tertiary/aromatic N) is 2. The molecule has 2 aromatic rings. The molecule has 1 saturated heterocycles. The van der Waals surface area contributed by atoms with Gasteiger partial charge in [0.15, 0.2) is 0 Å². The van der Waals surface area contributed by atoms with Crippen molar-refractivity contribution in [2.24, 2.45) is 5.41 Å². The first-order valence-corrected chi connectivity index (χ1v) is 9.39. The van der Waals surface area contributed by atoms with Crippen molar-refractivity contribution in [3.63, 3.8) is 0 Å². The average molecular weight is 330 g/mol. The van der Waals surface area contributed by atoms with Gasteiger partial charge in [0.25, 0.3) is 0 Å². The molecule has 0 amide bonds. The van der Waals surface area contributed by atoms with E-state index in [0.717, 1.165) is 13.1 Å². The van der Waals surface area contributed by atoms with E-state index in [0.29, 0.717) is 0 Å². The molecule has 1 heterocycles. The first kappa shape index (κ1) is 20.5. The van der Waals surface area contributed by atoms with Gasteiger partial charge in [0.2, 0.25) is 0 Å². The zero-order valence-corrected chi connectivity index (χ0v) is 16.5. The van der Waals surface area contributed by atoms with Crippen LogP contribution >= 0.6 is 0 Å². The molecule has 3 rings (SSSR count). The number of hydrogen-bond acceptors (Lipinski definition) is 1. The van der Waals surface area contributed by atoms with E-state index in [1.807, 2.05) is 0 Å². The summed E-state index contributed by atoms with van der Waals surface area (Å²) in [4.78, 5) is 2.61. The fourth-order valence-corrected chi connectivity index (χ4v) is 3.45. The topological polar surface area (TPSA) is 17.3 Å². The molecular formula is C22H31LiN2. The summed E-state index contributed by atoms with van der Waals surface area (Å²) in [5.41, 5.74) is 1.61. The van der Waals surface area contributed by atoms with Gasteiger partial charge < -0.3 is 10.2 Å². The maximum Gasteiger partial charge on any atom is 1.00 e. The SMILES string of the molecule is CC(C)(C)C[N-][C@@H](CN1CCCCC1)c1ccc2ccccc2c1.[Li+].